The second kappa shape index (κ2) is 8.16. The summed E-state index contributed by atoms with van der Waals surface area (Å²) in [4.78, 5) is 17.1. The minimum atomic E-state index is -0.481. The summed E-state index contributed by atoms with van der Waals surface area (Å²) in [5.74, 6) is 0.270. The van der Waals surface area contributed by atoms with Crippen molar-refractivity contribution in [1.82, 2.24) is 14.8 Å². The van der Waals surface area contributed by atoms with E-state index in [1.165, 1.54) is 0 Å². The maximum Gasteiger partial charge on any atom is 0.357 e. The summed E-state index contributed by atoms with van der Waals surface area (Å²) < 4.78 is 12.2. The number of pyridine rings is 1. The minimum absolute atomic E-state index is 0.221. The molecule has 0 radical (unpaired) electrons. The van der Waals surface area contributed by atoms with Gasteiger partial charge in [0, 0.05) is 5.02 Å². The van der Waals surface area contributed by atoms with Gasteiger partial charge in [-0.15, -0.1) is 0 Å². The second-order valence-corrected chi connectivity index (χ2v) is 7.12. The molecule has 0 amide bonds. The zero-order valence-corrected chi connectivity index (χ0v) is 17.6. The normalized spacial score (nSPS) is 10.9. The molecule has 4 aromatic rings. The Morgan fingerprint density at radius 3 is 2.57 bits per heavy atom. The van der Waals surface area contributed by atoms with Crippen LogP contribution in [0, 0.1) is 6.92 Å². The van der Waals surface area contributed by atoms with Crippen molar-refractivity contribution < 1.29 is 14.3 Å². The summed E-state index contributed by atoms with van der Waals surface area (Å²) in [5, 5.41) is 6.13. The summed E-state index contributed by atoms with van der Waals surface area (Å²) >= 11 is 6.18. The van der Waals surface area contributed by atoms with Crippen molar-refractivity contribution in [3.63, 3.8) is 0 Å². The van der Waals surface area contributed by atoms with E-state index in [4.69, 9.17) is 21.1 Å². The number of carbonyl (C=O) groups is 1. The average Bonchev–Trinajstić information content (AvgIpc) is 3.10. The number of hydrogen-bond donors (Lipinski definition) is 0. The molecule has 0 spiro atoms. The Hall–Kier alpha value is -3.38. The number of rotatable bonds is 5. The first-order valence-corrected chi connectivity index (χ1v) is 9.87. The van der Waals surface area contributed by atoms with Crippen LogP contribution in [0.2, 0.25) is 5.02 Å². The summed E-state index contributed by atoms with van der Waals surface area (Å²) in [6.07, 6.45) is 0. The van der Waals surface area contributed by atoms with Crippen LogP contribution in [0.5, 0.6) is 5.75 Å². The van der Waals surface area contributed by atoms with E-state index in [9.17, 15) is 4.79 Å². The molecule has 0 aliphatic heterocycles. The van der Waals surface area contributed by atoms with Crippen molar-refractivity contribution in [2.45, 2.75) is 13.8 Å². The molecule has 0 atom stereocenters. The number of aromatic nitrogens is 3. The number of nitrogens with zero attached hydrogens (tertiary/aromatic N) is 3. The van der Waals surface area contributed by atoms with Crippen LogP contribution in [-0.4, -0.2) is 34.5 Å². The fraction of sp³-hybridized carbons (Fsp3) is 0.174. The van der Waals surface area contributed by atoms with Crippen LogP contribution in [0.15, 0.2) is 54.6 Å². The van der Waals surface area contributed by atoms with Crippen molar-refractivity contribution in [2.24, 2.45) is 0 Å². The average molecular weight is 422 g/mol. The predicted molar refractivity (Wildman–Crippen MR) is 117 cm³/mol. The number of aryl methyl sites for hydroxylation is 1. The number of halogens is 1. The van der Waals surface area contributed by atoms with E-state index in [2.05, 4.69) is 10.1 Å². The smallest absolute Gasteiger partial charge is 0.357 e. The van der Waals surface area contributed by atoms with Crippen molar-refractivity contribution in [3.8, 4) is 22.6 Å². The lowest BCUT2D eigenvalue weighted by Crippen LogP contribution is -2.09. The Bertz CT molecular complexity index is 1230. The van der Waals surface area contributed by atoms with Crippen LogP contribution in [0.4, 0.5) is 0 Å². The van der Waals surface area contributed by atoms with E-state index in [0.29, 0.717) is 10.7 Å². The maximum atomic E-state index is 12.5. The summed E-state index contributed by atoms with van der Waals surface area (Å²) in [6, 6.07) is 16.7. The van der Waals surface area contributed by atoms with Crippen LogP contribution in [0.1, 0.15) is 23.1 Å². The molecule has 2 aromatic carbocycles. The van der Waals surface area contributed by atoms with Crippen molar-refractivity contribution in [1.29, 1.82) is 0 Å². The van der Waals surface area contributed by atoms with Crippen LogP contribution in [-0.2, 0) is 4.74 Å². The summed E-state index contributed by atoms with van der Waals surface area (Å²) in [6.45, 7) is 3.95. The molecule has 152 valence electrons. The molecule has 0 aliphatic rings. The van der Waals surface area contributed by atoms with Crippen molar-refractivity contribution in [3.05, 3.63) is 71.0 Å². The van der Waals surface area contributed by atoms with Crippen LogP contribution in [0.3, 0.4) is 0 Å². The molecule has 30 heavy (non-hydrogen) atoms. The van der Waals surface area contributed by atoms with Gasteiger partial charge < -0.3 is 9.47 Å². The van der Waals surface area contributed by atoms with E-state index >= 15 is 0 Å². The molecule has 0 saturated carbocycles. The van der Waals surface area contributed by atoms with Gasteiger partial charge in [-0.1, -0.05) is 29.8 Å². The number of benzene rings is 2. The molecule has 0 N–H and O–H groups in total. The molecule has 2 heterocycles. The van der Waals surface area contributed by atoms with Gasteiger partial charge in [-0.05, 0) is 61.4 Å². The lowest BCUT2D eigenvalue weighted by molar-refractivity contribution is 0.0520. The van der Waals surface area contributed by atoms with Gasteiger partial charge in [-0.25, -0.2) is 14.5 Å². The van der Waals surface area contributed by atoms with Gasteiger partial charge in [-0.3, -0.25) is 0 Å². The van der Waals surface area contributed by atoms with E-state index < -0.39 is 5.97 Å². The third-order valence-electron chi connectivity index (χ3n) is 4.75. The number of fused-ring (bicyclic) bond motifs is 1. The number of methoxy groups -OCH3 is 1. The first kappa shape index (κ1) is 19.9. The highest BCUT2D eigenvalue weighted by molar-refractivity contribution is 6.30. The standard InChI is InChI=1S/C23H20ClN3O3/c1-4-30-23(28)20-13-19(15-8-10-18(29-3)11-9-15)21-14(2)26-27(22(21)25-20)17-7-5-6-16(24)12-17/h5-13H,4H2,1-3H3. The van der Waals surface area contributed by atoms with Crippen molar-refractivity contribution >= 4 is 28.6 Å². The van der Waals surface area contributed by atoms with Gasteiger partial charge in [0.2, 0.25) is 0 Å². The van der Waals surface area contributed by atoms with Gasteiger partial charge in [0.05, 0.1) is 30.5 Å². The quantitative estimate of drug-likeness (QED) is 0.412. The monoisotopic (exact) mass is 421 g/mol. The minimum Gasteiger partial charge on any atom is -0.497 e. The molecule has 0 fully saturated rings. The third-order valence-corrected chi connectivity index (χ3v) is 4.99. The molecule has 0 aliphatic carbocycles. The van der Waals surface area contributed by atoms with Crippen LogP contribution in [0.25, 0.3) is 27.8 Å². The first-order valence-electron chi connectivity index (χ1n) is 9.49. The van der Waals surface area contributed by atoms with Crippen molar-refractivity contribution in [2.75, 3.05) is 13.7 Å². The Balaban J connectivity index is 2.00. The first-order chi connectivity index (χ1) is 14.5. The zero-order valence-electron chi connectivity index (χ0n) is 16.8. The SMILES string of the molecule is CCOC(=O)c1cc(-c2ccc(OC)cc2)c2c(C)nn(-c3cccc(Cl)c3)c2n1. The van der Waals surface area contributed by atoms with E-state index in [1.54, 1.807) is 36.9 Å². The molecule has 4 rings (SSSR count). The van der Waals surface area contributed by atoms with E-state index in [0.717, 1.165) is 33.6 Å². The number of hydrogen-bond acceptors (Lipinski definition) is 5. The summed E-state index contributed by atoms with van der Waals surface area (Å²) in [5.41, 5.74) is 4.09. The molecule has 6 nitrogen and oxygen atoms in total. The highest BCUT2D eigenvalue weighted by Gasteiger charge is 2.20. The van der Waals surface area contributed by atoms with E-state index in [-0.39, 0.29) is 12.3 Å². The van der Waals surface area contributed by atoms with Gasteiger partial charge in [0.15, 0.2) is 11.3 Å². The molecule has 0 saturated heterocycles. The maximum absolute atomic E-state index is 12.5. The number of carbonyl (C=O) groups excluding carboxylic acids is 1. The largest absolute Gasteiger partial charge is 0.497 e. The predicted octanol–water partition coefficient (Wildman–Crippen LogP) is 5.23. The van der Waals surface area contributed by atoms with Crippen LogP contribution >= 0.6 is 11.6 Å². The molecule has 0 bridgehead atoms. The highest BCUT2D eigenvalue weighted by Crippen LogP contribution is 2.33. The molecular weight excluding hydrogens is 402 g/mol. The van der Waals surface area contributed by atoms with Gasteiger partial charge >= 0.3 is 5.97 Å². The Kier molecular flexibility index (Phi) is 5.42. The third kappa shape index (κ3) is 3.62. The Morgan fingerprint density at radius 2 is 1.90 bits per heavy atom. The van der Waals surface area contributed by atoms with Gasteiger partial charge in [0.1, 0.15) is 5.75 Å². The second-order valence-electron chi connectivity index (χ2n) is 6.68. The Morgan fingerprint density at radius 1 is 1.13 bits per heavy atom. The topological polar surface area (TPSA) is 66.2 Å². The molecule has 0 unspecified atom stereocenters. The zero-order chi connectivity index (χ0) is 21.3. The lowest BCUT2D eigenvalue weighted by Gasteiger charge is -2.10. The number of ether oxygens (including phenoxy) is 2. The molecule has 2 aromatic heterocycles. The Labute approximate surface area is 179 Å². The molecule has 7 heteroatoms. The van der Waals surface area contributed by atoms with Gasteiger partial charge in [0.25, 0.3) is 0 Å². The van der Waals surface area contributed by atoms with Crippen LogP contribution < -0.4 is 4.74 Å². The fourth-order valence-corrected chi connectivity index (χ4v) is 3.57. The summed E-state index contributed by atoms with van der Waals surface area (Å²) in [7, 11) is 1.62. The number of esters is 1. The molecular formula is C23H20ClN3O3. The lowest BCUT2D eigenvalue weighted by atomic mass is 10.0. The van der Waals surface area contributed by atoms with Gasteiger partial charge in [-0.2, -0.15) is 5.10 Å². The fourth-order valence-electron chi connectivity index (χ4n) is 3.38. The highest BCUT2D eigenvalue weighted by atomic mass is 35.5. The van der Waals surface area contributed by atoms with E-state index in [1.807, 2.05) is 43.3 Å².